The number of rotatable bonds is 4. The Morgan fingerprint density at radius 3 is 2.20 bits per heavy atom. The number of hydrogen-bond donors (Lipinski definition) is 1. The van der Waals surface area contributed by atoms with Gasteiger partial charge in [0, 0.05) is 0 Å². The lowest BCUT2D eigenvalue weighted by Gasteiger charge is -2.38. The summed E-state index contributed by atoms with van der Waals surface area (Å²) in [6, 6.07) is 0. The molecule has 1 fully saturated rings. The summed E-state index contributed by atoms with van der Waals surface area (Å²) in [5.41, 5.74) is -1.08. The van der Waals surface area contributed by atoms with Crippen molar-refractivity contribution in [2.24, 2.45) is 17.3 Å². The molecule has 88 valence electrons. The van der Waals surface area contributed by atoms with Crippen LogP contribution in [0, 0.1) is 17.3 Å². The number of methoxy groups -OCH3 is 1. The summed E-state index contributed by atoms with van der Waals surface area (Å²) in [5, 5.41) is 10.5. The molecule has 0 saturated heterocycles. The molecule has 3 nitrogen and oxygen atoms in total. The molecule has 1 rings (SSSR count). The molecular weight excluding hydrogens is 192 g/mol. The standard InChI is InChI=1S/C12H22O3/c1-8(2)9(10(13)15-5)12(4,14)11(3)6-7-11/h8-9,14H,6-7H2,1-5H3. The molecule has 0 radical (unpaired) electrons. The van der Waals surface area contributed by atoms with Crippen molar-refractivity contribution in [3.8, 4) is 0 Å². The van der Waals surface area contributed by atoms with E-state index >= 15 is 0 Å². The number of carbonyl (C=O) groups excluding carboxylic acids is 1. The number of ether oxygens (including phenoxy) is 1. The minimum absolute atomic E-state index is 0.0878. The first-order valence-electron chi connectivity index (χ1n) is 5.56. The van der Waals surface area contributed by atoms with Crippen LogP contribution in [0.25, 0.3) is 0 Å². The van der Waals surface area contributed by atoms with E-state index in [2.05, 4.69) is 0 Å². The summed E-state index contributed by atoms with van der Waals surface area (Å²) in [7, 11) is 1.38. The van der Waals surface area contributed by atoms with Gasteiger partial charge >= 0.3 is 5.97 Å². The Balaban J connectivity index is 2.93. The fourth-order valence-electron chi connectivity index (χ4n) is 2.35. The second-order valence-electron chi connectivity index (χ2n) is 5.45. The third kappa shape index (κ3) is 2.03. The smallest absolute Gasteiger partial charge is 0.311 e. The van der Waals surface area contributed by atoms with Gasteiger partial charge in [-0.15, -0.1) is 0 Å². The number of hydrogen-bond acceptors (Lipinski definition) is 3. The van der Waals surface area contributed by atoms with Crippen LogP contribution in [-0.4, -0.2) is 23.8 Å². The minimum atomic E-state index is -0.964. The van der Waals surface area contributed by atoms with Crippen LogP contribution in [0.1, 0.15) is 40.5 Å². The Kier molecular flexibility index (Phi) is 3.15. The SMILES string of the molecule is COC(=O)C(C(C)C)C(C)(O)C1(C)CC1. The number of carbonyl (C=O) groups is 1. The number of aliphatic hydroxyl groups is 1. The maximum Gasteiger partial charge on any atom is 0.311 e. The zero-order valence-corrected chi connectivity index (χ0v) is 10.3. The third-order valence-corrected chi connectivity index (χ3v) is 3.95. The largest absolute Gasteiger partial charge is 0.469 e. The summed E-state index contributed by atoms with van der Waals surface area (Å²) in [4.78, 5) is 11.7. The van der Waals surface area contributed by atoms with Gasteiger partial charge in [0.05, 0.1) is 18.6 Å². The molecule has 0 aromatic carbocycles. The molecule has 15 heavy (non-hydrogen) atoms. The van der Waals surface area contributed by atoms with Crippen molar-refractivity contribution in [1.29, 1.82) is 0 Å². The number of esters is 1. The van der Waals surface area contributed by atoms with Crippen LogP contribution >= 0.6 is 0 Å². The molecule has 1 aliphatic carbocycles. The van der Waals surface area contributed by atoms with Crippen LogP contribution in [0.3, 0.4) is 0 Å². The molecule has 2 unspecified atom stereocenters. The maximum absolute atomic E-state index is 11.7. The average molecular weight is 214 g/mol. The van der Waals surface area contributed by atoms with E-state index in [0.717, 1.165) is 12.8 Å². The van der Waals surface area contributed by atoms with E-state index < -0.39 is 11.5 Å². The Morgan fingerprint density at radius 1 is 1.47 bits per heavy atom. The van der Waals surface area contributed by atoms with E-state index in [1.165, 1.54) is 7.11 Å². The summed E-state index contributed by atoms with van der Waals surface area (Å²) < 4.78 is 4.78. The monoisotopic (exact) mass is 214 g/mol. The van der Waals surface area contributed by atoms with Crippen molar-refractivity contribution in [2.75, 3.05) is 7.11 Å². The minimum Gasteiger partial charge on any atom is -0.469 e. The second kappa shape index (κ2) is 3.78. The van der Waals surface area contributed by atoms with Crippen molar-refractivity contribution < 1.29 is 14.6 Å². The molecule has 0 aromatic heterocycles. The molecule has 2 atom stereocenters. The highest BCUT2D eigenvalue weighted by Gasteiger charge is 2.58. The zero-order valence-electron chi connectivity index (χ0n) is 10.3. The van der Waals surface area contributed by atoms with Crippen molar-refractivity contribution in [3.05, 3.63) is 0 Å². The van der Waals surface area contributed by atoms with Crippen LogP contribution in [-0.2, 0) is 9.53 Å². The van der Waals surface area contributed by atoms with E-state index in [4.69, 9.17) is 4.74 Å². The Hall–Kier alpha value is -0.570. The molecule has 0 heterocycles. The van der Waals surface area contributed by atoms with E-state index in [1.54, 1.807) is 6.92 Å². The van der Waals surface area contributed by atoms with Gasteiger partial charge in [-0.3, -0.25) is 4.79 Å². The summed E-state index contributed by atoms with van der Waals surface area (Å²) >= 11 is 0. The first kappa shape index (κ1) is 12.5. The zero-order chi connectivity index (χ0) is 11.9. The van der Waals surface area contributed by atoms with E-state index in [-0.39, 0.29) is 17.3 Å². The molecule has 3 heteroatoms. The summed E-state index contributed by atoms with van der Waals surface area (Å²) in [5.74, 6) is -0.650. The summed E-state index contributed by atoms with van der Waals surface area (Å²) in [6.45, 7) is 7.69. The fourth-order valence-corrected chi connectivity index (χ4v) is 2.35. The molecule has 0 spiro atoms. The van der Waals surface area contributed by atoms with E-state index in [9.17, 15) is 9.90 Å². The first-order chi connectivity index (χ1) is 6.76. The van der Waals surface area contributed by atoms with Gasteiger partial charge in [0.25, 0.3) is 0 Å². The van der Waals surface area contributed by atoms with Crippen LogP contribution in [0.5, 0.6) is 0 Å². The van der Waals surface area contributed by atoms with Crippen LogP contribution in [0.4, 0.5) is 0 Å². The molecule has 1 N–H and O–H groups in total. The highest BCUT2D eigenvalue weighted by atomic mass is 16.5. The first-order valence-corrected chi connectivity index (χ1v) is 5.56. The predicted molar refractivity (Wildman–Crippen MR) is 58.3 cm³/mol. The van der Waals surface area contributed by atoms with E-state index in [0.29, 0.717) is 0 Å². The molecular formula is C12H22O3. The lowest BCUT2D eigenvalue weighted by Crippen LogP contribution is -2.49. The van der Waals surface area contributed by atoms with Gasteiger partial charge < -0.3 is 9.84 Å². The van der Waals surface area contributed by atoms with Crippen molar-refractivity contribution in [2.45, 2.75) is 46.1 Å². The van der Waals surface area contributed by atoms with Crippen LogP contribution in [0.2, 0.25) is 0 Å². The third-order valence-electron chi connectivity index (χ3n) is 3.95. The highest BCUT2D eigenvalue weighted by Crippen LogP contribution is 2.57. The predicted octanol–water partition coefficient (Wildman–Crippen LogP) is 1.98. The Bertz CT molecular complexity index is 252. The quantitative estimate of drug-likeness (QED) is 0.728. The van der Waals surface area contributed by atoms with Gasteiger partial charge in [-0.1, -0.05) is 20.8 Å². The van der Waals surface area contributed by atoms with Gasteiger partial charge in [0.2, 0.25) is 0 Å². The summed E-state index contributed by atoms with van der Waals surface area (Å²) in [6.07, 6.45) is 1.97. The van der Waals surface area contributed by atoms with Crippen molar-refractivity contribution in [1.82, 2.24) is 0 Å². The van der Waals surface area contributed by atoms with Crippen LogP contribution < -0.4 is 0 Å². The van der Waals surface area contributed by atoms with Gasteiger partial charge in [0.1, 0.15) is 0 Å². The normalized spacial score (nSPS) is 24.5. The molecule has 0 aliphatic heterocycles. The lowest BCUT2D eigenvalue weighted by atomic mass is 9.72. The fraction of sp³-hybridized carbons (Fsp3) is 0.917. The molecule has 1 saturated carbocycles. The average Bonchev–Trinajstić information content (AvgIpc) is 2.84. The molecule has 0 aromatic rings. The lowest BCUT2D eigenvalue weighted by molar-refractivity contribution is -0.164. The van der Waals surface area contributed by atoms with Gasteiger partial charge in [-0.05, 0) is 31.1 Å². The van der Waals surface area contributed by atoms with Crippen molar-refractivity contribution >= 4 is 5.97 Å². The highest BCUT2D eigenvalue weighted by molar-refractivity contribution is 5.74. The van der Waals surface area contributed by atoms with Gasteiger partial charge in [0.15, 0.2) is 0 Å². The maximum atomic E-state index is 11.7. The Morgan fingerprint density at radius 2 is 1.93 bits per heavy atom. The molecule has 1 aliphatic rings. The van der Waals surface area contributed by atoms with Gasteiger partial charge in [-0.2, -0.15) is 0 Å². The topological polar surface area (TPSA) is 46.5 Å². The Labute approximate surface area is 91.8 Å². The van der Waals surface area contributed by atoms with Crippen LogP contribution in [0.15, 0.2) is 0 Å². The van der Waals surface area contributed by atoms with E-state index in [1.807, 2.05) is 20.8 Å². The second-order valence-corrected chi connectivity index (χ2v) is 5.45. The molecule has 0 bridgehead atoms. The van der Waals surface area contributed by atoms with Crippen molar-refractivity contribution in [3.63, 3.8) is 0 Å². The van der Waals surface area contributed by atoms with Gasteiger partial charge in [-0.25, -0.2) is 0 Å². The molecule has 0 amide bonds.